The van der Waals surface area contributed by atoms with Gasteiger partial charge in [0, 0.05) is 32.2 Å². The fourth-order valence-corrected chi connectivity index (χ4v) is 2.35. The lowest BCUT2D eigenvalue weighted by Crippen LogP contribution is -2.45. The zero-order chi connectivity index (χ0) is 12.8. The lowest BCUT2D eigenvalue weighted by molar-refractivity contribution is 0.175. The standard InChI is InChI=1S/C14H16N4.2ClH/c15-5-4-14(18-8-6-17-7-9-18)13-3-1-2-12(10-13)11-16;;/h1-3,10,14,17H,4,6-9H2;2*1H/t14-;;/m0../s1. The molecule has 1 N–H and O–H groups in total. The molecule has 1 atom stereocenters. The van der Waals surface area contributed by atoms with Crippen LogP contribution in [0.25, 0.3) is 0 Å². The number of nitriles is 2. The molecule has 1 aliphatic heterocycles. The molecule has 0 bridgehead atoms. The Bertz CT molecular complexity index is 487. The van der Waals surface area contributed by atoms with E-state index in [1.165, 1.54) is 0 Å². The Morgan fingerprint density at radius 3 is 2.50 bits per heavy atom. The third kappa shape index (κ3) is 4.67. The largest absolute Gasteiger partial charge is 0.314 e. The first-order chi connectivity index (χ1) is 8.85. The van der Waals surface area contributed by atoms with Crippen molar-refractivity contribution in [3.8, 4) is 12.1 Å². The molecule has 0 saturated carbocycles. The molecule has 0 spiro atoms. The van der Waals surface area contributed by atoms with Crippen molar-refractivity contribution < 1.29 is 0 Å². The van der Waals surface area contributed by atoms with E-state index in [-0.39, 0.29) is 30.9 Å². The van der Waals surface area contributed by atoms with Crippen LogP contribution in [-0.4, -0.2) is 31.1 Å². The quantitative estimate of drug-likeness (QED) is 0.930. The van der Waals surface area contributed by atoms with E-state index in [0.717, 1.165) is 31.7 Å². The normalized spacial score (nSPS) is 15.9. The maximum atomic E-state index is 9.00. The van der Waals surface area contributed by atoms with Crippen molar-refractivity contribution in [3.05, 3.63) is 35.4 Å². The highest BCUT2D eigenvalue weighted by Gasteiger charge is 2.21. The molecule has 2 rings (SSSR count). The molecule has 20 heavy (non-hydrogen) atoms. The van der Waals surface area contributed by atoms with Crippen molar-refractivity contribution in [3.63, 3.8) is 0 Å². The van der Waals surface area contributed by atoms with E-state index in [1.54, 1.807) is 6.07 Å². The third-order valence-electron chi connectivity index (χ3n) is 3.28. The minimum absolute atomic E-state index is 0. The first kappa shape index (κ1) is 18.7. The molecule has 0 aromatic heterocycles. The highest BCUT2D eigenvalue weighted by atomic mass is 35.5. The lowest BCUT2D eigenvalue weighted by Gasteiger charge is -2.34. The van der Waals surface area contributed by atoms with Gasteiger partial charge in [0.2, 0.25) is 0 Å². The number of nitrogens with zero attached hydrogens (tertiary/aromatic N) is 3. The molecule has 108 valence electrons. The zero-order valence-electron chi connectivity index (χ0n) is 11.1. The molecule has 0 aliphatic carbocycles. The predicted octanol–water partition coefficient (Wildman–Crippen LogP) is 2.26. The van der Waals surface area contributed by atoms with Gasteiger partial charge in [-0.3, -0.25) is 4.90 Å². The Morgan fingerprint density at radius 1 is 1.20 bits per heavy atom. The molecule has 6 heteroatoms. The Hall–Kier alpha value is -1.30. The van der Waals surface area contributed by atoms with Crippen LogP contribution in [0, 0.1) is 22.7 Å². The number of benzene rings is 1. The van der Waals surface area contributed by atoms with Crippen molar-refractivity contribution in [2.75, 3.05) is 26.2 Å². The average molecular weight is 313 g/mol. The number of halogens is 2. The van der Waals surface area contributed by atoms with Crippen molar-refractivity contribution in [2.45, 2.75) is 12.5 Å². The van der Waals surface area contributed by atoms with E-state index in [1.807, 2.05) is 18.2 Å². The van der Waals surface area contributed by atoms with Gasteiger partial charge in [0.15, 0.2) is 0 Å². The average Bonchev–Trinajstić information content (AvgIpc) is 2.46. The molecule has 1 aromatic carbocycles. The number of nitrogens with one attached hydrogen (secondary N) is 1. The van der Waals surface area contributed by atoms with Crippen LogP contribution in [0.5, 0.6) is 0 Å². The van der Waals surface area contributed by atoms with Crippen molar-refractivity contribution >= 4 is 24.8 Å². The van der Waals surface area contributed by atoms with Crippen LogP contribution in [0.3, 0.4) is 0 Å². The van der Waals surface area contributed by atoms with E-state index in [0.29, 0.717) is 12.0 Å². The van der Waals surface area contributed by atoms with Crippen LogP contribution >= 0.6 is 24.8 Å². The summed E-state index contributed by atoms with van der Waals surface area (Å²) < 4.78 is 0. The molecule has 0 unspecified atom stereocenters. The molecule has 1 aromatic rings. The van der Waals surface area contributed by atoms with Crippen molar-refractivity contribution in [2.24, 2.45) is 0 Å². The number of hydrogen-bond acceptors (Lipinski definition) is 4. The minimum atomic E-state index is 0. The van der Waals surface area contributed by atoms with E-state index < -0.39 is 0 Å². The molecular formula is C14H18Cl2N4. The van der Waals surface area contributed by atoms with Gasteiger partial charge >= 0.3 is 0 Å². The second kappa shape index (κ2) is 9.58. The van der Waals surface area contributed by atoms with Crippen LogP contribution < -0.4 is 5.32 Å². The van der Waals surface area contributed by atoms with Gasteiger partial charge in [0.05, 0.1) is 24.1 Å². The Kier molecular flexibility index (Phi) is 8.96. The SMILES string of the molecule is Cl.Cl.N#CC[C@@H](c1cccc(C#N)c1)N1CCNCC1. The fourth-order valence-electron chi connectivity index (χ4n) is 2.35. The van der Waals surface area contributed by atoms with E-state index in [9.17, 15) is 0 Å². The summed E-state index contributed by atoms with van der Waals surface area (Å²) in [6.45, 7) is 3.81. The van der Waals surface area contributed by atoms with Gasteiger partial charge in [-0.1, -0.05) is 12.1 Å². The van der Waals surface area contributed by atoms with Crippen molar-refractivity contribution in [1.29, 1.82) is 10.5 Å². The third-order valence-corrected chi connectivity index (χ3v) is 3.28. The maximum absolute atomic E-state index is 9.00. The summed E-state index contributed by atoms with van der Waals surface area (Å²) in [5.74, 6) is 0. The molecule has 4 nitrogen and oxygen atoms in total. The summed E-state index contributed by atoms with van der Waals surface area (Å²) >= 11 is 0. The van der Waals surface area contributed by atoms with Crippen molar-refractivity contribution in [1.82, 2.24) is 10.2 Å². The van der Waals surface area contributed by atoms with Gasteiger partial charge in [-0.2, -0.15) is 10.5 Å². The smallest absolute Gasteiger partial charge is 0.0991 e. The van der Waals surface area contributed by atoms with Crippen LogP contribution in [-0.2, 0) is 0 Å². The molecule has 1 heterocycles. The van der Waals surface area contributed by atoms with E-state index in [4.69, 9.17) is 10.5 Å². The molecule has 1 fully saturated rings. The Morgan fingerprint density at radius 2 is 1.90 bits per heavy atom. The van der Waals surface area contributed by atoms with Gasteiger partial charge in [-0.25, -0.2) is 0 Å². The molecular weight excluding hydrogens is 295 g/mol. The second-order valence-corrected chi connectivity index (χ2v) is 4.40. The van der Waals surface area contributed by atoms with Crippen LogP contribution in [0.1, 0.15) is 23.6 Å². The van der Waals surface area contributed by atoms with E-state index >= 15 is 0 Å². The van der Waals surface area contributed by atoms with Gasteiger partial charge in [0.25, 0.3) is 0 Å². The first-order valence-electron chi connectivity index (χ1n) is 6.17. The molecule has 0 radical (unpaired) electrons. The molecule has 0 amide bonds. The fraction of sp³-hybridized carbons (Fsp3) is 0.429. The topological polar surface area (TPSA) is 62.9 Å². The van der Waals surface area contributed by atoms with Gasteiger partial charge in [0.1, 0.15) is 0 Å². The lowest BCUT2D eigenvalue weighted by atomic mass is 10.00. The summed E-state index contributed by atoms with van der Waals surface area (Å²) in [7, 11) is 0. The summed E-state index contributed by atoms with van der Waals surface area (Å²) in [6, 6.07) is 12.1. The van der Waals surface area contributed by atoms with Crippen LogP contribution in [0.15, 0.2) is 24.3 Å². The number of rotatable bonds is 3. The number of piperazine rings is 1. The van der Waals surface area contributed by atoms with Gasteiger partial charge in [-0.05, 0) is 17.7 Å². The van der Waals surface area contributed by atoms with E-state index in [2.05, 4.69) is 22.4 Å². The Labute approximate surface area is 132 Å². The summed E-state index contributed by atoms with van der Waals surface area (Å²) in [4.78, 5) is 2.32. The summed E-state index contributed by atoms with van der Waals surface area (Å²) in [6.07, 6.45) is 0.467. The molecule has 1 saturated heterocycles. The second-order valence-electron chi connectivity index (χ2n) is 4.40. The summed E-state index contributed by atoms with van der Waals surface area (Å²) in [5, 5.41) is 21.3. The van der Waals surface area contributed by atoms with Gasteiger partial charge < -0.3 is 5.32 Å². The first-order valence-corrected chi connectivity index (χ1v) is 6.17. The predicted molar refractivity (Wildman–Crippen MR) is 83.1 cm³/mol. The monoisotopic (exact) mass is 312 g/mol. The minimum Gasteiger partial charge on any atom is -0.314 e. The highest BCUT2D eigenvalue weighted by molar-refractivity contribution is 5.85. The van der Waals surface area contributed by atoms with Gasteiger partial charge in [-0.15, -0.1) is 24.8 Å². The molecule has 1 aliphatic rings. The highest BCUT2D eigenvalue weighted by Crippen LogP contribution is 2.24. The van der Waals surface area contributed by atoms with Crippen LogP contribution in [0.4, 0.5) is 0 Å². The summed E-state index contributed by atoms with van der Waals surface area (Å²) in [5.41, 5.74) is 1.73. The zero-order valence-corrected chi connectivity index (χ0v) is 12.7. The van der Waals surface area contributed by atoms with Crippen LogP contribution in [0.2, 0.25) is 0 Å². The maximum Gasteiger partial charge on any atom is 0.0991 e. The number of hydrogen-bond donors (Lipinski definition) is 1. The Balaban J connectivity index is 0.00000180.